The third kappa shape index (κ3) is 2.73. The van der Waals surface area contributed by atoms with Crippen LogP contribution in [0.3, 0.4) is 0 Å². The number of nitrogens with zero attached hydrogens (tertiary/aromatic N) is 2. The van der Waals surface area contributed by atoms with Gasteiger partial charge in [0.05, 0.1) is 0 Å². The van der Waals surface area contributed by atoms with Gasteiger partial charge in [0.25, 0.3) is 17.4 Å². The summed E-state index contributed by atoms with van der Waals surface area (Å²) in [6.07, 6.45) is 0. The Kier molecular flexibility index (Phi) is 3.63. The van der Waals surface area contributed by atoms with Crippen LogP contribution in [0.5, 0.6) is 5.88 Å². The Bertz CT molecular complexity index is 733. The van der Waals surface area contributed by atoms with Gasteiger partial charge in [-0.2, -0.15) is 16.5 Å². The van der Waals surface area contributed by atoms with Crippen LogP contribution in [0, 0.1) is 6.57 Å². The highest BCUT2D eigenvalue weighted by molar-refractivity contribution is 6.05. The first-order valence-corrected chi connectivity index (χ1v) is 5.44. The molecule has 1 heterocycles. The Morgan fingerprint density at radius 1 is 1.35 bits per heavy atom. The molecule has 0 saturated carbocycles. The van der Waals surface area contributed by atoms with Gasteiger partial charge in [-0.3, -0.25) is 14.6 Å². The lowest BCUT2D eigenvalue weighted by atomic mass is 10.2. The molecule has 0 atom stereocenters. The van der Waals surface area contributed by atoms with E-state index < -0.39 is 22.9 Å². The number of benzene rings is 1. The molecule has 2 aromatic rings. The van der Waals surface area contributed by atoms with Crippen LogP contribution < -0.4 is 16.3 Å². The van der Waals surface area contributed by atoms with E-state index in [0.717, 1.165) is 0 Å². The number of carbonyl (C=O) groups excluding carboxylic acids is 1. The van der Waals surface area contributed by atoms with E-state index in [1.807, 2.05) is 5.43 Å². The molecular formula is C12H9N5O3. The highest BCUT2D eigenvalue weighted by atomic mass is 16.3. The SMILES string of the molecule is [C-]#[N+]Nc1nc(O)c(C(=O)Nc2ccccc2)c(=O)[nH]1. The minimum atomic E-state index is -0.850. The number of amides is 1. The molecule has 4 N–H and O–H groups in total. The molecule has 20 heavy (non-hydrogen) atoms. The normalized spacial score (nSPS) is 9.55. The minimum Gasteiger partial charge on any atom is -0.492 e. The molecule has 1 aromatic heterocycles. The number of anilines is 2. The fourth-order valence-corrected chi connectivity index (χ4v) is 1.49. The average Bonchev–Trinajstić information content (AvgIpc) is 2.39. The van der Waals surface area contributed by atoms with E-state index in [0.29, 0.717) is 5.69 Å². The Morgan fingerprint density at radius 3 is 2.65 bits per heavy atom. The van der Waals surface area contributed by atoms with Gasteiger partial charge in [-0.15, -0.1) is 0 Å². The molecule has 8 heteroatoms. The molecular weight excluding hydrogens is 262 g/mol. The van der Waals surface area contributed by atoms with Crippen molar-refractivity contribution in [2.24, 2.45) is 0 Å². The predicted molar refractivity (Wildman–Crippen MR) is 71.1 cm³/mol. The number of hydrogen-bond acceptors (Lipinski definition) is 5. The summed E-state index contributed by atoms with van der Waals surface area (Å²) in [4.78, 5) is 32.1. The van der Waals surface area contributed by atoms with Crippen LogP contribution in [-0.2, 0) is 0 Å². The first kappa shape index (κ1) is 13.1. The summed E-state index contributed by atoms with van der Waals surface area (Å²) in [6, 6.07) is 8.45. The van der Waals surface area contributed by atoms with E-state index in [1.165, 1.54) is 0 Å². The molecule has 1 aromatic carbocycles. The van der Waals surface area contributed by atoms with Gasteiger partial charge in [0.2, 0.25) is 5.88 Å². The Balaban J connectivity index is 2.31. The first-order valence-electron chi connectivity index (χ1n) is 5.44. The number of para-hydroxylation sites is 1. The van der Waals surface area contributed by atoms with E-state index in [-0.39, 0.29) is 5.95 Å². The number of nitrogens with one attached hydrogen (secondary N) is 3. The van der Waals surface area contributed by atoms with Crippen molar-refractivity contribution in [1.82, 2.24) is 9.97 Å². The largest absolute Gasteiger partial charge is 0.492 e. The molecule has 0 fully saturated rings. The van der Waals surface area contributed by atoms with Crippen molar-refractivity contribution >= 4 is 17.5 Å². The molecule has 8 nitrogen and oxygen atoms in total. The van der Waals surface area contributed by atoms with Crippen LogP contribution in [-0.4, -0.2) is 21.0 Å². The van der Waals surface area contributed by atoms with Gasteiger partial charge in [0.1, 0.15) is 0 Å². The summed E-state index contributed by atoms with van der Waals surface area (Å²) in [5.74, 6) is -1.79. The smallest absolute Gasteiger partial charge is 0.277 e. The van der Waals surface area contributed by atoms with Crippen molar-refractivity contribution < 1.29 is 9.90 Å². The predicted octanol–water partition coefficient (Wildman–Crippen LogP) is 0.974. The molecule has 0 aliphatic carbocycles. The van der Waals surface area contributed by atoms with E-state index in [4.69, 9.17) is 6.57 Å². The molecule has 0 saturated heterocycles. The van der Waals surface area contributed by atoms with Crippen molar-refractivity contribution in [1.29, 1.82) is 0 Å². The van der Waals surface area contributed by atoms with E-state index >= 15 is 0 Å². The van der Waals surface area contributed by atoms with Gasteiger partial charge in [-0.25, -0.2) is 0 Å². The van der Waals surface area contributed by atoms with Gasteiger partial charge < -0.3 is 10.4 Å². The molecule has 0 unspecified atom stereocenters. The summed E-state index contributed by atoms with van der Waals surface area (Å²) in [5, 5.41) is 12.1. The average molecular weight is 271 g/mol. The Labute approximate surface area is 112 Å². The topological polar surface area (TPSA) is 111 Å². The highest BCUT2D eigenvalue weighted by Crippen LogP contribution is 2.13. The van der Waals surface area contributed by atoms with E-state index in [9.17, 15) is 14.7 Å². The standard InChI is InChI=1S/C12H9N5O3/c1-13-17-12-15-10(19)8(11(20)16-12)9(18)14-7-5-3-2-4-6-7/h2-6H,(H,14,18)(H3,15,16,17,19,20). The second-order valence-electron chi connectivity index (χ2n) is 3.66. The third-order valence-corrected chi connectivity index (χ3v) is 2.32. The number of H-pyrrole nitrogens is 1. The Hall–Kier alpha value is -3.34. The number of carbonyl (C=O) groups is 1. The first-order chi connectivity index (χ1) is 9.61. The number of aromatic amines is 1. The fourth-order valence-electron chi connectivity index (χ4n) is 1.49. The molecule has 0 radical (unpaired) electrons. The Morgan fingerprint density at radius 2 is 2.05 bits per heavy atom. The zero-order valence-corrected chi connectivity index (χ0v) is 10.0. The molecule has 2 rings (SSSR count). The van der Waals surface area contributed by atoms with E-state index in [1.54, 1.807) is 30.3 Å². The summed E-state index contributed by atoms with van der Waals surface area (Å²) < 4.78 is 0. The van der Waals surface area contributed by atoms with Crippen LogP contribution in [0.25, 0.3) is 4.95 Å². The summed E-state index contributed by atoms with van der Waals surface area (Å²) in [5.41, 5.74) is 1.14. The summed E-state index contributed by atoms with van der Waals surface area (Å²) >= 11 is 0. The fraction of sp³-hybridized carbons (Fsp3) is 0. The maximum Gasteiger partial charge on any atom is 0.277 e. The number of aromatic hydroxyl groups is 1. The van der Waals surface area contributed by atoms with Crippen molar-refractivity contribution in [3.8, 4) is 5.88 Å². The van der Waals surface area contributed by atoms with Crippen molar-refractivity contribution in [2.45, 2.75) is 0 Å². The molecule has 0 spiro atoms. The summed E-state index contributed by atoms with van der Waals surface area (Å²) in [7, 11) is 0. The van der Waals surface area contributed by atoms with Crippen molar-refractivity contribution in [3.63, 3.8) is 0 Å². The lowest BCUT2D eigenvalue weighted by molar-refractivity contribution is 0.102. The van der Waals surface area contributed by atoms with Gasteiger partial charge in [0, 0.05) is 5.69 Å². The minimum absolute atomic E-state index is 0.237. The monoisotopic (exact) mass is 271 g/mol. The quantitative estimate of drug-likeness (QED) is 0.491. The lowest BCUT2D eigenvalue weighted by Gasteiger charge is -2.05. The third-order valence-electron chi connectivity index (χ3n) is 2.32. The second kappa shape index (κ2) is 5.53. The maximum absolute atomic E-state index is 11.9. The molecule has 0 aliphatic heterocycles. The molecule has 100 valence electrons. The van der Waals surface area contributed by atoms with Crippen LogP contribution in [0.1, 0.15) is 10.4 Å². The molecule has 1 amide bonds. The van der Waals surface area contributed by atoms with Crippen molar-refractivity contribution in [3.05, 3.63) is 57.8 Å². The number of aromatic nitrogens is 2. The van der Waals surface area contributed by atoms with Gasteiger partial charge >= 0.3 is 0 Å². The summed E-state index contributed by atoms with van der Waals surface area (Å²) in [6.45, 7) is 6.56. The number of hydrogen-bond donors (Lipinski definition) is 4. The molecule has 0 bridgehead atoms. The zero-order chi connectivity index (χ0) is 14.5. The van der Waals surface area contributed by atoms with Crippen molar-refractivity contribution in [2.75, 3.05) is 10.7 Å². The van der Waals surface area contributed by atoms with Gasteiger partial charge in [-0.05, 0) is 12.1 Å². The maximum atomic E-state index is 11.9. The zero-order valence-electron chi connectivity index (χ0n) is 10.0. The second-order valence-corrected chi connectivity index (χ2v) is 3.66. The molecule has 0 aliphatic rings. The van der Waals surface area contributed by atoms with E-state index in [2.05, 4.69) is 20.2 Å². The van der Waals surface area contributed by atoms with Crippen LogP contribution in [0.2, 0.25) is 0 Å². The van der Waals surface area contributed by atoms with Crippen LogP contribution in [0.15, 0.2) is 35.1 Å². The van der Waals surface area contributed by atoms with Gasteiger partial charge in [0.15, 0.2) is 5.56 Å². The van der Waals surface area contributed by atoms with Crippen LogP contribution in [0.4, 0.5) is 11.6 Å². The lowest BCUT2D eigenvalue weighted by Crippen LogP contribution is -2.24. The van der Waals surface area contributed by atoms with Gasteiger partial charge in [-0.1, -0.05) is 23.6 Å². The highest BCUT2D eigenvalue weighted by Gasteiger charge is 2.19. The van der Waals surface area contributed by atoms with Crippen LogP contribution >= 0.6 is 0 Å². The number of rotatable bonds is 3.